The maximum absolute atomic E-state index is 10.9. The first-order valence-electron chi connectivity index (χ1n) is 10.0. The van der Waals surface area contributed by atoms with Crippen molar-refractivity contribution in [3.8, 4) is 0 Å². The Morgan fingerprint density at radius 2 is 2.24 bits per heavy atom. The molecule has 2 aromatic rings. The molecule has 0 radical (unpaired) electrons. The molecule has 1 saturated heterocycles. The van der Waals surface area contributed by atoms with Crippen LogP contribution in [0.1, 0.15) is 46.7 Å². The summed E-state index contributed by atoms with van der Waals surface area (Å²) in [5, 5.41) is 6.73. The number of nitrogens with zero attached hydrogens (tertiary/aromatic N) is 3. The minimum absolute atomic E-state index is 0.210. The van der Waals surface area contributed by atoms with Crippen molar-refractivity contribution in [3.05, 3.63) is 71.3 Å². The number of piperazine rings is 1. The van der Waals surface area contributed by atoms with E-state index in [0.717, 1.165) is 67.0 Å². The highest BCUT2D eigenvalue weighted by atomic mass is 16.1. The molecule has 152 valence electrons. The lowest BCUT2D eigenvalue weighted by Gasteiger charge is -2.36. The average Bonchev–Trinajstić information content (AvgIpc) is 2.78. The number of carbonyl (C=O) groups is 1. The zero-order chi connectivity index (χ0) is 20.6. The largest absolute Gasteiger partial charge is 0.386 e. The molecule has 0 spiro atoms. The topological polar surface area (TPSA) is 70.2 Å². The van der Waals surface area contributed by atoms with Gasteiger partial charge in [-0.25, -0.2) is 0 Å². The van der Waals surface area contributed by atoms with Crippen LogP contribution in [0.4, 0.5) is 5.69 Å². The quantitative estimate of drug-likeness (QED) is 0.531. The average molecular weight is 392 g/mol. The van der Waals surface area contributed by atoms with Crippen LogP contribution >= 0.6 is 0 Å². The van der Waals surface area contributed by atoms with Gasteiger partial charge in [-0.05, 0) is 41.3 Å². The summed E-state index contributed by atoms with van der Waals surface area (Å²) in [6, 6.07) is 6.15. The molecule has 0 aliphatic carbocycles. The van der Waals surface area contributed by atoms with E-state index in [1.54, 1.807) is 12.3 Å². The number of aromatic nitrogens is 2. The standard InChI is InChI=1S/C23H29N5O/c1-4-17(5-2)10-22-21(24-3)11-18(12-27-22)15-28-9-8-25-14-23(28)19-6-7-20(16-29)26-13-19/h4,6-7,10-13,16,23-25H,1,5,8-9,14-15H2,2-3H3/b17-10+. The summed E-state index contributed by atoms with van der Waals surface area (Å²) < 4.78 is 0. The predicted octanol–water partition coefficient (Wildman–Crippen LogP) is 3.46. The molecule has 6 nitrogen and oxygen atoms in total. The van der Waals surface area contributed by atoms with Crippen LogP contribution in [-0.4, -0.2) is 47.8 Å². The summed E-state index contributed by atoms with van der Waals surface area (Å²) in [6.07, 6.45) is 9.42. The molecular formula is C23H29N5O. The predicted molar refractivity (Wildman–Crippen MR) is 118 cm³/mol. The summed E-state index contributed by atoms with van der Waals surface area (Å²) in [5.74, 6) is 0. The molecule has 1 aliphatic heterocycles. The number of rotatable bonds is 8. The Kier molecular flexibility index (Phi) is 7.27. The first kappa shape index (κ1) is 20.9. The van der Waals surface area contributed by atoms with Gasteiger partial charge in [0.2, 0.25) is 0 Å². The van der Waals surface area contributed by atoms with Gasteiger partial charge in [-0.2, -0.15) is 0 Å². The third-order valence-electron chi connectivity index (χ3n) is 5.29. The molecule has 3 rings (SSSR count). The lowest BCUT2D eigenvalue weighted by molar-refractivity contribution is 0.111. The Morgan fingerprint density at radius 1 is 1.38 bits per heavy atom. The fourth-order valence-corrected chi connectivity index (χ4v) is 3.58. The Hall–Kier alpha value is -2.83. The lowest BCUT2D eigenvalue weighted by Crippen LogP contribution is -2.45. The molecule has 1 aliphatic rings. The number of allylic oxidation sites excluding steroid dienone is 2. The van der Waals surface area contributed by atoms with Gasteiger partial charge in [0, 0.05) is 51.7 Å². The van der Waals surface area contributed by atoms with E-state index in [1.807, 2.05) is 25.4 Å². The van der Waals surface area contributed by atoms with Gasteiger partial charge in [-0.3, -0.25) is 19.7 Å². The van der Waals surface area contributed by atoms with E-state index in [1.165, 1.54) is 0 Å². The molecule has 1 unspecified atom stereocenters. The van der Waals surface area contributed by atoms with Crippen LogP contribution < -0.4 is 10.6 Å². The van der Waals surface area contributed by atoms with E-state index in [9.17, 15) is 4.79 Å². The minimum Gasteiger partial charge on any atom is -0.386 e. The number of hydrogen-bond donors (Lipinski definition) is 2. The van der Waals surface area contributed by atoms with Gasteiger partial charge in [0.15, 0.2) is 6.29 Å². The molecule has 2 aromatic heterocycles. The summed E-state index contributed by atoms with van der Waals surface area (Å²) in [4.78, 5) is 22.2. The molecule has 0 saturated carbocycles. The van der Waals surface area contributed by atoms with Gasteiger partial charge in [-0.1, -0.05) is 25.6 Å². The van der Waals surface area contributed by atoms with E-state index in [0.29, 0.717) is 5.69 Å². The summed E-state index contributed by atoms with van der Waals surface area (Å²) >= 11 is 0. The molecule has 0 aromatic carbocycles. The van der Waals surface area contributed by atoms with Crippen LogP contribution in [0.5, 0.6) is 0 Å². The highest BCUT2D eigenvalue weighted by molar-refractivity contribution is 5.71. The molecule has 1 fully saturated rings. The highest BCUT2D eigenvalue weighted by Crippen LogP contribution is 2.25. The monoisotopic (exact) mass is 391 g/mol. The Bertz CT molecular complexity index is 875. The minimum atomic E-state index is 0.210. The van der Waals surface area contributed by atoms with Crippen molar-refractivity contribution >= 4 is 18.0 Å². The van der Waals surface area contributed by atoms with E-state index in [4.69, 9.17) is 4.98 Å². The molecule has 2 N–H and O–H groups in total. The zero-order valence-electron chi connectivity index (χ0n) is 17.2. The molecule has 0 amide bonds. The van der Waals surface area contributed by atoms with E-state index >= 15 is 0 Å². The van der Waals surface area contributed by atoms with Crippen molar-refractivity contribution < 1.29 is 4.79 Å². The summed E-state index contributed by atoms with van der Waals surface area (Å²) in [6.45, 7) is 9.53. The molecule has 6 heteroatoms. The number of anilines is 1. The van der Waals surface area contributed by atoms with Crippen molar-refractivity contribution in [1.29, 1.82) is 0 Å². The van der Waals surface area contributed by atoms with Crippen molar-refractivity contribution in [3.63, 3.8) is 0 Å². The number of aldehydes is 1. The number of hydrogen-bond acceptors (Lipinski definition) is 6. The number of pyridine rings is 2. The van der Waals surface area contributed by atoms with E-state index in [-0.39, 0.29) is 6.04 Å². The van der Waals surface area contributed by atoms with Gasteiger partial charge < -0.3 is 10.6 Å². The molecule has 3 heterocycles. The smallest absolute Gasteiger partial charge is 0.168 e. The van der Waals surface area contributed by atoms with Crippen molar-refractivity contribution in [1.82, 2.24) is 20.2 Å². The second-order valence-corrected chi connectivity index (χ2v) is 7.13. The van der Waals surface area contributed by atoms with Gasteiger partial charge in [0.25, 0.3) is 0 Å². The Labute approximate surface area is 172 Å². The van der Waals surface area contributed by atoms with Crippen LogP contribution in [0.15, 0.2) is 48.8 Å². The first-order valence-corrected chi connectivity index (χ1v) is 10.0. The van der Waals surface area contributed by atoms with Crippen molar-refractivity contribution in [2.45, 2.75) is 25.9 Å². The van der Waals surface area contributed by atoms with Crippen LogP contribution in [0.2, 0.25) is 0 Å². The maximum Gasteiger partial charge on any atom is 0.168 e. The fraction of sp³-hybridized carbons (Fsp3) is 0.348. The Morgan fingerprint density at radius 3 is 2.90 bits per heavy atom. The van der Waals surface area contributed by atoms with Crippen LogP contribution in [0, 0.1) is 0 Å². The molecule has 29 heavy (non-hydrogen) atoms. The van der Waals surface area contributed by atoms with Crippen LogP contribution in [0.3, 0.4) is 0 Å². The molecule has 0 bridgehead atoms. The van der Waals surface area contributed by atoms with E-state index < -0.39 is 0 Å². The van der Waals surface area contributed by atoms with Crippen molar-refractivity contribution in [2.24, 2.45) is 0 Å². The van der Waals surface area contributed by atoms with Gasteiger partial charge in [0.05, 0.1) is 11.4 Å². The molecular weight excluding hydrogens is 362 g/mol. The number of nitrogens with one attached hydrogen (secondary N) is 2. The van der Waals surface area contributed by atoms with Gasteiger partial charge in [0.1, 0.15) is 5.69 Å². The van der Waals surface area contributed by atoms with Crippen LogP contribution in [0.25, 0.3) is 6.08 Å². The second kappa shape index (κ2) is 10.1. The third kappa shape index (κ3) is 5.16. The number of carbonyl (C=O) groups excluding carboxylic acids is 1. The zero-order valence-corrected chi connectivity index (χ0v) is 17.2. The van der Waals surface area contributed by atoms with Crippen molar-refractivity contribution in [2.75, 3.05) is 32.0 Å². The SMILES string of the molecule is C=C/C(=C\c1ncc(CN2CCNCC2c2ccc(C=O)nc2)cc1NC)CC. The lowest BCUT2D eigenvalue weighted by atomic mass is 10.0. The summed E-state index contributed by atoms with van der Waals surface area (Å²) in [7, 11) is 1.92. The van der Waals surface area contributed by atoms with E-state index in [2.05, 4.69) is 46.2 Å². The maximum atomic E-state index is 10.9. The fourth-order valence-electron chi connectivity index (χ4n) is 3.58. The summed E-state index contributed by atoms with van der Waals surface area (Å²) in [5.41, 5.74) is 5.84. The highest BCUT2D eigenvalue weighted by Gasteiger charge is 2.24. The normalized spacial score (nSPS) is 17.7. The van der Waals surface area contributed by atoms with Gasteiger partial charge in [-0.15, -0.1) is 0 Å². The van der Waals surface area contributed by atoms with Crippen LogP contribution in [-0.2, 0) is 6.54 Å². The van der Waals surface area contributed by atoms with Gasteiger partial charge >= 0.3 is 0 Å². The second-order valence-electron chi connectivity index (χ2n) is 7.13. The molecule has 1 atom stereocenters. The first-order chi connectivity index (χ1) is 14.2. The Balaban J connectivity index is 1.81. The third-order valence-corrected chi connectivity index (χ3v) is 5.29.